The fourth-order valence-corrected chi connectivity index (χ4v) is 1.33. The van der Waals surface area contributed by atoms with Crippen molar-refractivity contribution in [2.75, 3.05) is 0 Å². The minimum absolute atomic E-state index is 0.904. The third-order valence-corrected chi connectivity index (χ3v) is 2.14. The Kier molecular flexibility index (Phi) is 32.2. The van der Waals surface area contributed by atoms with Gasteiger partial charge >= 0.3 is 0 Å². The predicted octanol–water partition coefficient (Wildman–Crippen LogP) is 6.45. The van der Waals surface area contributed by atoms with Gasteiger partial charge < -0.3 is 0 Å². The molecule has 0 spiro atoms. The van der Waals surface area contributed by atoms with Gasteiger partial charge in [-0.15, -0.1) is 0 Å². The first kappa shape index (κ1) is 20.4. The van der Waals surface area contributed by atoms with Crippen molar-refractivity contribution in [3.8, 4) is 0 Å². The third-order valence-electron chi connectivity index (χ3n) is 2.14. The van der Waals surface area contributed by atoms with Crippen molar-refractivity contribution in [3.63, 3.8) is 0 Å². The van der Waals surface area contributed by atoms with E-state index in [0.717, 1.165) is 5.92 Å². The monoisotopic (exact) mass is 216 g/mol. The average molecular weight is 216 g/mol. The standard InChI is InChI=1S/C11H24.2C2H6/c1-4-5-6-7-8-9-10-11(2)3;2*1-2/h11H,4-10H2,1-3H3;2*1-2H3. The number of hydrogen-bond acceptors (Lipinski definition) is 0. The van der Waals surface area contributed by atoms with Crippen LogP contribution in [0.2, 0.25) is 0 Å². The van der Waals surface area contributed by atoms with Crippen molar-refractivity contribution in [2.45, 2.75) is 93.4 Å². The molecule has 0 rings (SSSR count). The highest BCUT2D eigenvalue weighted by Gasteiger charge is 1.93. The van der Waals surface area contributed by atoms with Gasteiger partial charge in [0.05, 0.1) is 0 Å². The molecular weight excluding hydrogens is 180 g/mol. The van der Waals surface area contributed by atoms with Gasteiger partial charge in [0, 0.05) is 0 Å². The summed E-state index contributed by atoms with van der Waals surface area (Å²) in [4.78, 5) is 0. The molecule has 0 heterocycles. The number of hydrogen-bond donors (Lipinski definition) is 0. The highest BCUT2D eigenvalue weighted by atomic mass is 14.0. The van der Waals surface area contributed by atoms with Crippen molar-refractivity contribution < 1.29 is 0 Å². The van der Waals surface area contributed by atoms with Crippen LogP contribution in [0.25, 0.3) is 0 Å². The van der Waals surface area contributed by atoms with Crippen LogP contribution in [0.15, 0.2) is 0 Å². The van der Waals surface area contributed by atoms with Gasteiger partial charge in [-0.3, -0.25) is 0 Å². The molecule has 0 aliphatic carbocycles. The van der Waals surface area contributed by atoms with Crippen molar-refractivity contribution in [1.29, 1.82) is 0 Å². The molecule has 0 N–H and O–H groups in total. The Labute approximate surface area is 99.9 Å². The van der Waals surface area contributed by atoms with Gasteiger partial charge in [0.1, 0.15) is 0 Å². The summed E-state index contributed by atoms with van der Waals surface area (Å²) in [5.74, 6) is 0.904. The first-order valence-electron chi connectivity index (χ1n) is 7.27. The molecule has 0 radical (unpaired) electrons. The van der Waals surface area contributed by atoms with E-state index in [1.54, 1.807) is 0 Å². The van der Waals surface area contributed by atoms with Crippen LogP contribution in [-0.4, -0.2) is 0 Å². The Morgan fingerprint density at radius 1 is 0.667 bits per heavy atom. The van der Waals surface area contributed by atoms with E-state index in [9.17, 15) is 0 Å². The molecule has 0 saturated carbocycles. The van der Waals surface area contributed by atoms with Crippen LogP contribution in [-0.2, 0) is 0 Å². The van der Waals surface area contributed by atoms with Crippen molar-refractivity contribution >= 4 is 0 Å². The molecule has 0 aliphatic heterocycles. The van der Waals surface area contributed by atoms with Crippen molar-refractivity contribution in [1.82, 2.24) is 0 Å². The molecule has 96 valence electrons. The molecule has 0 aromatic rings. The van der Waals surface area contributed by atoms with Gasteiger partial charge in [0.15, 0.2) is 0 Å². The zero-order valence-corrected chi connectivity index (χ0v) is 12.5. The molecule has 0 bridgehead atoms. The first-order valence-corrected chi connectivity index (χ1v) is 7.27. The Bertz CT molecular complexity index is 64.4. The van der Waals surface area contributed by atoms with Crippen molar-refractivity contribution in [2.24, 2.45) is 5.92 Å². The molecular formula is C15H36. The van der Waals surface area contributed by atoms with Crippen LogP contribution >= 0.6 is 0 Å². The van der Waals surface area contributed by atoms with Crippen LogP contribution in [0.5, 0.6) is 0 Å². The van der Waals surface area contributed by atoms with Gasteiger partial charge in [-0.1, -0.05) is 93.4 Å². The molecule has 0 amide bonds. The summed E-state index contributed by atoms with van der Waals surface area (Å²) < 4.78 is 0. The highest BCUT2D eigenvalue weighted by Crippen LogP contribution is 2.10. The van der Waals surface area contributed by atoms with E-state index in [1.165, 1.54) is 44.9 Å². The lowest BCUT2D eigenvalue weighted by molar-refractivity contribution is 0.514. The zero-order chi connectivity index (χ0) is 12.5. The van der Waals surface area contributed by atoms with Gasteiger partial charge in [-0.05, 0) is 5.92 Å². The van der Waals surface area contributed by atoms with Crippen LogP contribution in [0, 0.1) is 5.92 Å². The molecule has 0 unspecified atom stereocenters. The second kappa shape index (κ2) is 23.7. The summed E-state index contributed by atoms with van der Waals surface area (Å²) in [5.41, 5.74) is 0. The highest BCUT2D eigenvalue weighted by molar-refractivity contribution is 4.47. The summed E-state index contributed by atoms with van der Waals surface area (Å²) in [7, 11) is 0. The van der Waals surface area contributed by atoms with Crippen LogP contribution in [0.3, 0.4) is 0 Å². The largest absolute Gasteiger partial charge is 0.0683 e. The van der Waals surface area contributed by atoms with Gasteiger partial charge in [0.25, 0.3) is 0 Å². The van der Waals surface area contributed by atoms with Gasteiger partial charge in [0.2, 0.25) is 0 Å². The van der Waals surface area contributed by atoms with Crippen LogP contribution < -0.4 is 0 Å². The van der Waals surface area contributed by atoms with E-state index >= 15 is 0 Å². The van der Waals surface area contributed by atoms with E-state index in [4.69, 9.17) is 0 Å². The molecule has 0 aliphatic rings. The maximum atomic E-state index is 2.31. The Morgan fingerprint density at radius 3 is 1.47 bits per heavy atom. The predicted molar refractivity (Wildman–Crippen MR) is 75.5 cm³/mol. The van der Waals surface area contributed by atoms with Crippen molar-refractivity contribution in [3.05, 3.63) is 0 Å². The lowest BCUT2D eigenvalue weighted by atomic mass is 10.0. The zero-order valence-electron chi connectivity index (χ0n) is 12.5. The molecule has 15 heavy (non-hydrogen) atoms. The molecule has 0 nitrogen and oxygen atoms in total. The van der Waals surface area contributed by atoms with E-state index in [0.29, 0.717) is 0 Å². The summed E-state index contributed by atoms with van der Waals surface area (Å²) in [6, 6.07) is 0. The lowest BCUT2D eigenvalue weighted by Crippen LogP contribution is -1.86. The second-order valence-corrected chi connectivity index (χ2v) is 3.95. The van der Waals surface area contributed by atoms with E-state index in [-0.39, 0.29) is 0 Å². The molecule has 0 heteroatoms. The van der Waals surface area contributed by atoms with Crippen LogP contribution in [0.4, 0.5) is 0 Å². The van der Waals surface area contributed by atoms with Crippen LogP contribution in [0.1, 0.15) is 93.4 Å². The summed E-state index contributed by atoms with van der Waals surface area (Å²) in [6.45, 7) is 14.9. The van der Waals surface area contributed by atoms with Gasteiger partial charge in [-0.2, -0.15) is 0 Å². The smallest absolute Gasteiger partial charge is 0.0471 e. The Balaban J connectivity index is -0.000000318. The molecule has 0 aromatic heterocycles. The topological polar surface area (TPSA) is 0 Å². The Morgan fingerprint density at radius 2 is 1.07 bits per heavy atom. The average Bonchev–Trinajstić information content (AvgIpc) is 2.28. The fraction of sp³-hybridized carbons (Fsp3) is 1.00. The quantitative estimate of drug-likeness (QED) is 0.429. The second-order valence-electron chi connectivity index (χ2n) is 3.95. The SMILES string of the molecule is CC.CC.CCCCCCCCC(C)C. The molecule has 0 saturated heterocycles. The first-order chi connectivity index (χ1) is 7.27. The summed E-state index contributed by atoms with van der Waals surface area (Å²) >= 11 is 0. The van der Waals surface area contributed by atoms with E-state index in [2.05, 4.69) is 20.8 Å². The molecule has 0 atom stereocenters. The van der Waals surface area contributed by atoms with E-state index < -0.39 is 0 Å². The summed E-state index contributed by atoms with van der Waals surface area (Å²) in [6.07, 6.45) is 10.0. The maximum Gasteiger partial charge on any atom is -0.0471 e. The number of unbranched alkanes of at least 4 members (excludes halogenated alkanes) is 5. The minimum atomic E-state index is 0.904. The maximum absolute atomic E-state index is 2.31. The lowest BCUT2D eigenvalue weighted by Gasteiger charge is -2.03. The Hall–Kier alpha value is 0. The van der Waals surface area contributed by atoms with E-state index in [1.807, 2.05) is 27.7 Å². The fourth-order valence-electron chi connectivity index (χ4n) is 1.33. The number of rotatable bonds is 7. The normalized spacial score (nSPS) is 8.80. The molecule has 0 fully saturated rings. The molecule has 0 aromatic carbocycles. The third kappa shape index (κ3) is 31.5. The summed E-state index contributed by atoms with van der Waals surface area (Å²) in [5, 5.41) is 0. The van der Waals surface area contributed by atoms with Gasteiger partial charge in [-0.25, -0.2) is 0 Å². The minimum Gasteiger partial charge on any atom is -0.0683 e.